The Morgan fingerprint density at radius 3 is 2.40 bits per heavy atom. The molecule has 2 heterocycles. The van der Waals surface area contributed by atoms with Gasteiger partial charge in [0.25, 0.3) is 0 Å². The molecule has 6 atom stereocenters. The highest BCUT2D eigenvalue weighted by Crippen LogP contribution is 2.44. The summed E-state index contributed by atoms with van der Waals surface area (Å²) in [4.78, 5) is 31.4. The molecule has 3 unspecified atom stereocenters. The molecule has 0 spiro atoms. The summed E-state index contributed by atoms with van der Waals surface area (Å²) >= 11 is 0. The standard InChI is InChI=1S/C35H47N4O7P/c1-22(33(42)46-35(43)44-21-27-25-14-7-5-12-23(25)24-13-6-8-15-26(24)27)11-9-10-18-37-34-38-29(36)16-19-39(34)32-31(41)30(40)28(45-32)17-20-47(2,3)4/h5-8,12-16,19,22,27-32,40-41H,2,9-11,17-18,20-21,36H2,1,3-4H3,(H,37,38)/t22?,28-,29?,30-,31-,32?/m1/s1. The van der Waals surface area contributed by atoms with E-state index >= 15 is 0 Å². The van der Waals surface area contributed by atoms with Crippen molar-refractivity contribution in [3.05, 3.63) is 71.9 Å². The highest BCUT2D eigenvalue weighted by molar-refractivity contribution is 7.72. The fraction of sp³-hybridized carbons (Fsp3) is 0.486. The van der Waals surface area contributed by atoms with Gasteiger partial charge in [0.2, 0.25) is 5.96 Å². The summed E-state index contributed by atoms with van der Waals surface area (Å²) in [5, 5.41) is 24.6. The lowest BCUT2D eigenvalue weighted by Crippen LogP contribution is -2.56. The molecule has 11 nitrogen and oxygen atoms in total. The minimum atomic E-state index is -1.31. The average molecular weight is 667 g/mol. The van der Waals surface area contributed by atoms with Crippen LogP contribution >= 0.6 is 6.89 Å². The Morgan fingerprint density at radius 1 is 1.09 bits per heavy atom. The van der Waals surface area contributed by atoms with Crippen molar-refractivity contribution in [2.24, 2.45) is 16.6 Å². The van der Waals surface area contributed by atoms with Crippen LogP contribution in [-0.2, 0) is 19.0 Å². The van der Waals surface area contributed by atoms with Gasteiger partial charge >= 0.3 is 12.1 Å². The minimum Gasteiger partial charge on any atom is -0.433 e. The Balaban J connectivity index is 1.06. The summed E-state index contributed by atoms with van der Waals surface area (Å²) in [5.74, 6) is -0.819. The van der Waals surface area contributed by atoms with Crippen LogP contribution in [0.4, 0.5) is 4.79 Å². The largest absolute Gasteiger partial charge is 0.516 e. The van der Waals surface area contributed by atoms with Gasteiger partial charge < -0.3 is 35.5 Å². The normalized spacial score (nSPS) is 25.3. The lowest BCUT2D eigenvalue weighted by atomic mass is 9.98. The van der Waals surface area contributed by atoms with Gasteiger partial charge in [0, 0.05) is 18.7 Å². The first-order chi connectivity index (χ1) is 22.4. The number of aliphatic hydroxyl groups is 2. The number of hydrogen-bond acceptors (Lipinski definition) is 9. The van der Waals surface area contributed by atoms with Crippen LogP contribution in [-0.4, -0.2) is 103 Å². The van der Waals surface area contributed by atoms with Crippen LogP contribution in [0.3, 0.4) is 0 Å². The molecule has 3 aliphatic rings. The van der Waals surface area contributed by atoms with E-state index in [1.807, 2.05) is 36.4 Å². The molecule has 47 heavy (non-hydrogen) atoms. The molecule has 0 saturated carbocycles. The van der Waals surface area contributed by atoms with E-state index in [-0.39, 0.29) is 12.5 Å². The molecule has 0 amide bonds. The van der Waals surface area contributed by atoms with Gasteiger partial charge in [0.1, 0.15) is 18.8 Å². The number of carbonyl (C=O) groups is 2. The summed E-state index contributed by atoms with van der Waals surface area (Å²) in [6, 6.07) is 16.1. The second-order valence-electron chi connectivity index (χ2n) is 13.2. The quantitative estimate of drug-likeness (QED) is 0.114. The van der Waals surface area contributed by atoms with Crippen LogP contribution < -0.4 is 11.1 Å². The van der Waals surface area contributed by atoms with Gasteiger partial charge in [-0.1, -0.05) is 61.9 Å². The zero-order chi connectivity index (χ0) is 33.7. The fourth-order valence-electron chi connectivity index (χ4n) is 6.20. The maximum Gasteiger partial charge on any atom is 0.516 e. The highest BCUT2D eigenvalue weighted by Gasteiger charge is 2.46. The average Bonchev–Trinajstić information content (AvgIpc) is 3.51. The summed E-state index contributed by atoms with van der Waals surface area (Å²) in [7, 11) is 0. The van der Waals surface area contributed by atoms with E-state index < -0.39 is 55.6 Å². The number of nitrogens with zero attached hydrogens (tertiary/aromatic N) is 2. The number of aliphatic imine (C=N–C) groups is 1. The minimum absolute atomic E-state index is 0.0803. The zero-order valence-electron chi connectivity index (χ0n) is 27.3. The third-order valence-corrected chi connectivity index (χ3v) is 10.3. The van der Waals surface area contributed by atoms with Crippen molar-refractivity contribution < 1.29 is 34.0 Å². The van der Waals surface area contributed by atoms with Crippen LogP contribution in [0, 0.1) is 5.92 Å². The van der Waals surface area contributed by atoms with Crippen LogP contribution in [0.15, 0.2) is 65.8 Å². The van der Waals surface area contributed by atoms with Gasteiger partial charge in [0.05, 0.1) is 18.2 Å². The Morgan fingerprint density at radius 2 is 1.74 bits per heavy atom. The molecule has 0 radical (unpaired) electrons. The lowest BCUT2D eigenvalue weighted by Gasteiger charge is -2.34. The molecule has 12 heteroatoms. The van der Waals surface area contributed by atoms with E-state index in [0.29, 0.717) is 38.2 Å². The number of hydrogen-bond donors (Lipinski definition) is 4. The molecule has 0 bridgehead atoms. The topological polar surface area (TPSA) is 156 Å². The van der Waals surface area contributed by atoms with Gasteiger partial charge in [-0.3, -0.25) is 14.7 Å². The summed E-state index contributed by atoms with van der Waals surface area (Å²) < 4.78 is 16.5. The number of aliphatic hydroxyl groups excluding tert-OH is 2. The van der Waals surface area contributed by atoms with Crippen molar-refractivity contribution >= 4 is 31.3 Å². The van der Waals surface area contributed by atoms with Crippen LogP contribution in [0.25, 0.3) is 11.1 Å². The van der Waals surface area contributed by atoms with Crippen molar-refractivity contribution in [3.8, 4) is 11.1 Å². The highest BCUT2D eigenvalue weighted by atomic mass is 31.2. The number of unbranched alkanes of at least 4 members (excludes halogenated alkanes) is 1. The van der Waals surface area contributed by atoms with E-state index in [4.69, 9.17) is 19.9 Å². The third kappa shape index (κ3) is 8.52. The number of nitrogens with two attached hydrogens (primary N) is 1. The molecule has 254 valence electrons. The number of ether oxygens (including phenoxy) is 3. The molecule has 1 aliphatic carbocycles. The number of esters is 1. The van der Waals surface area contributed by atoms with Crippen molar-refractivity contribution in [2.75, 3.05) is 32.6 Å². The molecule has 2 aromatic rings. The number of rotatable bonds is 12. The lowest BCUT2D eigenvalue weighted by molar-refractivity contribution is -0.144. The maximum atomic E-state index is 12.6. The first kappa shape index (κ1) is 34.9. The Labute approximate surface area is 276 Å². The summed E-state index contributed by atoms with van der Waals surface area (Å²) in [6.07, 6.45) is 5.99. The van der Waals surface area contributed by atoms with Gasteiger partial charge in [-0.25, -0.2) is 4.79 Å². The third-order valence-electron chi connectivity index (χ3n) is 8.85. The smallest absolute Gasteiger partial charge is 0.433 e. The van der Waals surface area contributed by atoms with Crippen LogP contribution in [0.1, 0.15) is 49.7 Å². The van der Waals surface area contributed by atoms with Gasteiger partial charge in [-0.05, 0) is 67.1 Å². The maximum absolute atomic E-state index is 12.6. The number of guanidine groups is 1. The second-order valence-corrected chi connectivity index (χ2v) is 17.5. The number of nitrogens with one attached hydrogen (secondary N) is 1. The molecule has 0 aromatic heterocycles. The Hall–Kier alpha value is -3.47. The van der Waals surface area contributed by atoms with Crippen LogP contribution in [0.2, 0.25) is 0 Å². The predicted molar refractivity (Wildman–Crippen MR) is 185 cm³/mol. The van der Waals surface area contributed by atoms with E-state index in [1.54, 1.807) is 24.1 Å². The SMILES string of the molecule is C=P(C)(C)CC[C@H]1OC(N2C=CC(N)NC2=NCCCCC(C)C(=O)OC(=O)OCC2c3ccccc3-c3ccccc32)[C@H](O)[C@@H]1O. The summed E-state index contributed by atoms with van der Waals surface area (Å²) in [5.41, 5.74) is 10.5. The van der Waals surface area contributed by atoms with Crippen LogP contribution in [0.5, 0.6) is 0 Å². The predicted octanol–water partition coefficient (Wildman–Crippen LogP) is 3.89. The molecule has 5 rings (SSSR count). The Kier molecular flexibility index (Phi) is 11.3. The van der Waals surface area contributed by atoms with Gasteiger partial charge in [-0.15, -0.1) is 13.2 Å². The molecule has 5 N–H and O–H groups in total. The van der Waals surface area contributed by atoms with Gasteiger partial charge in [-0.2, -0.15) is 0 Å². The monoisotopic (exact) mass is 666 g/mol. The van der Waals surface area contributed by atoms with Crippen molar-refractivity contribution in [3.63, 3.8) is 0 Å². The van der Waals surface area contributed by atoms with Crippen molar-refractivity contribution in [2.45, 2.75) is 69.2 Å². The van der Waals surface area contributed by atoms with Gasteiger partial charge in [0.15, 0.2) is 6.23 Å². The molecule has 1 fully saturated rings. The molecule has 1 saturated heterocycles. The molecule has 2 aliphatic heterocycles. The van der Waals surface area contributed by atoms with Crippen molar-refractivity contribution in [1.29, 1.82) is 0 Å². The number of benzene rings is 2. The van der Waals surface area contributed by atoms with Crippen molar-refractivity contribution in [1.82, 2.24) is 10.2 Å². The number of carbonyl (C=O) groups excluding carboxylic acids is 2. The van der Waals surface area contributed by atoms with E-state index in [1.165, 1.54) is 0 Å². The first-order valence-corrected chi connectivity index (χ1v) is 19.3. The number of fused-ring (bicyclic) bond motifs is 3. The first-order valence-electron chi connectivity index (χ1n) is 16.2. The molecular weight excluding hydrogens is 619 g/mol. The molecule has 2 aromatic carbocycles. The Bertz CT molecular complexity index is 1500. The van der Waals surface area contributed by atoms with E-state index in [0.717, 1.165) is 28.4 Å². The second kappa shape index (κ2) is 15.2. The molecular formula is C35H47N4O7P. The van der Waals surface area contributed by atoms with E-state index in [9.17, 15) is 19.8 Å². The summed E-state index contributed by atoms with van der Waals surface area (Å²) in [6.45, 7) is 5.16. The zero-order valence-corrected chi connectivity index (χ0v) is 28.2. The fourth-order valence-corrected chi connectivity index (χ4v) is 7.16. The van der Waals surface area contributed by atoms with E-state index in [2.05, 4.69) is 42.1 Å².